The summed E-state index contributed by atoms with van der Waals surface area (Å²) in [7, 11) is 1.45. The lowest BCUT2D eigenvalue weighted by Crippen LogP contribution is -2.37. The minimum atomic E-state index is -0.400. The molecule has 2 aromatic carbocycles. The summed E-state index contributed by atoms with van der Waals surface area (Å²) < 4.78 is 32.1. The average Bonchev–Trinajstić information content (AvgIpc) is 3.58. The Balaban J connectivity index is 1.50. The molecule has 0 aliphatic carbocycles. The second-order valence-corrected chi connectivity index (χ2v) is 9.66. The van der Waals surface area contributed by atoms with Crippen molar-refractivity contribution in [2.45, 2.75) is 52.1 Å². The van der Waals surface area contributed by atoms with Crippen molar-refractivity contribution in [3.05, 3.63) is 65.1 Å². The molecule has 4 aromatic rings. The van der Waals surface area contributed by atoms with Crippen LogP contribution in [-0.2, 0) is 22.5 Å². The van der Waals surface area contributed by atoms with Crippen LogP contribution in [0, 0.1) is 19.7 Å². The van der Waals surface area contributed by atoms with Gasteiger partial charge in [-0.15, -0.1) is 0 Å². The van der Waals surface area contributed by atoms with E-state index < -0.39 is 5.82 Å². The Kier molecular flexibility index (Phi) is 6.97. The number of aryl methyl sites for hydroxylation is 2. The lowest BCUT2D eigenvalue weighted by Gasteiger charge is -2.17. The maximum Gasteiger partial charge on any atom is 0.240 e. The molecule has 0 radical (unpaired) electrons. The van der Waals surface area contributed by atoms with Gasteiger partial charge in [0, 0.05) is 18.1 Å². The lowest BCUT2D eigenvalue weighted by atomic mass is 10.00. The third-order valence-electron chi connectivity index (χ3n) is 6.90. The van der Waals surface area contributed by atoms with Crippen LogP contribution in [-0.4, -0.2) is 47.0 Å². The minimum Gasteiger partial charge on any atom is -0.494 e. The smallest absolute Gasteiger partial charge is 0.240 e. The molecular formula is C28H31FN4O4. The third-order valence-corrected chi connectivity index (χ3v) is 6.90. The number of aromatic nitrogens is 3. The minimum absolute atomic E-state index is 0.0246. The summed E-state index contributed by atoms with van der Waals surface area (Å²) in [5.41, 5.74) is 5.17. The van der Waals surface area contributed by atoms with Crippen molar-refractivity contribution in [3.63, 3.8) is 0 Å². The zero-order valence-corrected chi connectivity index (χ0v) is 21.5. The molecule has 194 valence electrons. The number of carbonyl (C=O) groups excluding carboxylic acids is 1. The molecule has 1 aliphatic heterocycles. The Morgan fingerprint density at radius 1 is 1.27 bits per heavy atom. The highest BCUT2D eigenvalue weighted by atomic mass is 19.1. The number of ether oxygens (including phenoxy) is 2. The maximum atomic E-state index is 14.3. The summed E-state index contributed by atoms with van der Waals surface area (Å²) in [5, 5.41) is 7.14. The number of fused-ring (bicyclic) bond motifs is 1. The Hall–Kier alpha value is -3.72. The van der Waals surface area contributed by atoms with Crippen LogP contribution in [0.3, 0.4) is 0 Å². The first-order chi connectivity index (χ1) is 17.8. The van der Waals surface area contributed by atoms with Gasteiger partial charge in [-0.05, 0) is 62.1 Å². The molecule has 1 N–H and O–H groups in total. The van der Waals surface area contributed by atoms with Gasteiger partial charge in [0.15, 0.2) is 11.6 Å². The van der Waals surface area contributed by atoms with E-state index in [1.807, 2.05) is 49.6 Å². The van der Waals surface area contributed by atoms with Gasteiger partial charge >= 0.3 is 0 Å². The molecule has 2 atom stereocenters. The lowest BCUT2D eigenvalue weighted by molar-refractivity contribution is -0.122. The topological polar surface area (TPSA) is 91.4 Å². The first kappa shape index (κ1) is 25.0. The first-order valence-electron chi connectivity index (χ1n) is 12.5. The normalized spacial score (nSPS) is 16.3. The van der Waals surface area contributed by atoms with Crippen LogP contribution in [0.5, 0.6) is 5.75 Å². The molecule has 8 nitrogen and oxygen atoms in total. The molecule has 1 amide bonds. The van der Waals surface area contributed by atoms with Crippen molar-refractivity contribution in [2.75, 3.05) is 20.3 Å². The third kappa shape index (κ3) is 5.09. The maximum absolute atomic E-state index is 14.3. The standard InChI is InChI=1S/C28H31FN4O4/c1-16(11-19-5-8-25(35-4)22(29)12-19)28-31-23-13-20(27-17(2)32-37-18(27)3)6-7-24(23)33(28)14-26(34)30-21-9-10-36-15-21/h5-8,12-13,16,21H,9-11,14-15H2,1-4H3,(H,30,34). The fourth-order valence-corrected chi connectivity index (χ4v) is 5.09. The van der Waals surface area contributed by atoms with Gasteiger partial charge in [-0.1, -0.05) is 24.2 Å². The summed E-state index contributed by atoms with van der Waals surface area (Å²) in [6.45, 7) is 7.16. The van der Waals surface area contributed by atoms with Crippen molar-refractivity contribution in [1.82, 2.24) is 20.0 Å². The van der Waals surface area contributed by atoms with Gasteiger partial charge in [0.2, 0.25) is 5.91 Å². The number of amides is 1. The highest BCUT2D eigenvalue weighted by Gasteiger charge is 2.23. The van der Waals surface area contributed by atoms with Crippen LogP contribution in [0.4, 0.5) is 4.39 Å². The molecule has 5 rings (SSSR count). The summed E-state index contributed by atoms with van der Waals surface area (Å²) in [6.07, 6.45) is 1.36. The SMILES string of the molecule is COc1ccc(CC(C)c2nc3cc(-c4c(C)noc4C)ccc3n2CC(=O)NC2CCOC2)cc1F. The van der Waals surface area contributed by atoms with Crippen LogP contribution in [0.25, 0.3) is 22.2 Å². The van der Waals surface area contributed by atoms with E-state index in [1.165, 1.54) is 13.2 Å². The van der Waals surface area contributed by atoms with Gasteiger partial charge < -0.3 is 23.9 Å². The molecule has 2 unspecified atom stereocenters. The zero-order valence-electron chi connectivity index (χ0n) is 21.5. The number of methoxy groups -OCH3 is 1. The Morgan fingerprint density at radius 2 is 2.11 bits per heavy atom. The average molecular weight is 507 g/mol. The van der Waals surface area contributed by atoms with E-state index in [9.17, 15) is 9.18 Å². The Morgan fingerprint density at radius 3 is 2.78 bits per heavy atom. The Bertz CT molecular complexity index is 1420. The number of benzene rings is 2. The highest BCUT2D eigenvalue weighted by Crippen LogP contribution is 2.32. The van der Waals surface area contributed by atoms with E-state index in [1.54, 1.807) is 6.07 Å². The number of nitrogens with one attached hydrogen (secondary N) is 1. The highest BCUT2D eigenvalue weighted by molar-refractivity contribution is 5.85. The van der Waals surface area contributed by atoms with Gasteiger partial charge in [-0.25, -0.2) is 9.37 Å². The molecule has 1 aliphatic rings. The number of imidazole rings is 1. The van der Waals surface area contributed by atoms with E-state index in [-0.39, 0.29) is 30.2 Å². The Labute approximate surface area is 214 Å². The molecule has 0 bridgehead atoms. The fraction of sp³-hybridized carbons (Fsp3) is 0.393. The van der Waals surface area contributed by atoms with Gasteiger partial charge in [-0.3, -0.25) is 4.79 Å². The largest absolute Gasteiger partial charge is 0.494 e. The summed E-state index contributed by atoms with van der Waals surface area (Å²) in [5.74, 6) is 1.15. The molecule has 1 fully saturated rings. The molecule has 0 spiro atoms. The van der Waals surface area contributed by atoms with Gasteiger partial charge in [-0.2, -0.15) is 0 Å². The monoisotopic (exact) mass is 506 g/mol. The quantitative estimate of drug-likeness (QED) is 0.372. The molecule has 3 heterocycles. The molecule has 37 heavy (non-hydrogen) atoms. The van der Waals surface area contributed by atoms with E-state index in [2.05, 4.69) is 10.5 Å². The zero-order chi connectivity index (χ0) is 26.1. The summed E-state index contributed by atoms with van der Waals surface area (Å²) in [6, 6.07) is 11.0. The van der Waals surface area contributed by atoms with Crippen molar-refractivity contribution in [3.8, 4) is 16.9 Å². The van der Waals surface area contributed by atoms with Gasteiger partial charge in [0.05, 0.1) is 36.5 Å². The van der Waals surface area contributed by atoms with Crippen molar-refractivity contribution in [1.29, 1.82) is 0 Å². The fourth-order valence-electron chi connectivity index (χ4n) is 5.09. The van der Waals surface area contributed by atoms with E-state index in [0.717, 1.165) is 51.4 Å². The van der Waals surface area contributed by atoms with E-state index in [0.29, 0.717) is 19.6 Å². The number of hydrogen-bond acceptors (Lipinski definition) is 6. The summed E-state index contributed by atoms with van der Waals surface area (Å²) >= 11 is 0. The van der Waals surface area contributed by atoms with Crippen molar-refractivity contribution >= 4 is 16.9 Å². The van der Waals surface area contributed by atoms with E-state index >= 15 is 0 Å². The van der Waals surface area contributed by atoms with Crippen molar-refractivity contribution in [2.24, 2.45) is 0 Å². The van der Waals surface area contributed by atoms with E-state index in [4.69, 9.17) is 19.0 Å². The van der Waals surface area contributed by atoms with Crippen LogP contribution in [0.2, 0.25) is 0 Å². The van der Waals surface area contributed by atoms with Crippen LogP contribution in [0.1, 0.15) is 42.1 Å². The van der Waals surface area contributed by atoms with Crippen LogP contribution >= 0.6 is 0 Å². The summed E-state index contributed by atoms with van der Waals surface area (Å²) in [4.78, 5) is 18.0. The predicted molar refractivity (Wildman–Crippen MR) is 137 cm³/mol. The second-order valence-electron chi connectivity index (χ2n) is 9.66. The van der Waals surface area contributed by atoms with Crippen LogP contribution in [0.15, 0.2) is 40.9 Å². The number of rotatable bonds is 8. The molecule has 2 aromatic heterocycles. The number of carbonyl (C=O) groups is 1. The number of halogens is 1. The number of nitrogens with zero attached hydrogens (tertiary/aromatic N) is 3. The molecule has 0 saturated carbocycles. The van der Waals surface area contributed by atoms with Crippen molar-refractivity contribution < 1.29 is 23.2 Å². The number of hydrogen-bond donors (Lipinski definition) is 1. The second kappa shape index (κ2) is 10.3. The predicted octanol–water partition coefficient (Wildman–Crippen LogP) is 4.71. The molecule has 9 heteroatoms. The van der Waals surface area contributed by atoms with Gasteiger partial charge in [0.1, 0.15) is 18.1 Å². The van der Waals surface area contributed by atoms with Gasteiger partial charge in [0.25, 0.3) is 0 Å². The van der Waals surface area contributed by atoms with Crippen LogP contribution < -0.4 is 10.1 Å². The molecule has 1 saturated heterocycles. The first-order valence-corrected chi connectivity index (χ1v) is 12.5. The molecular weight excluding hydrogens is 475 g/mol.